The summed E-state index contributed by atoms with van der Waals surface area (Å²) >= 11 is 1.48. The number of carbonyl (C=O) groups excluding carboxylic acids is 2. The molecule has 2 atom stereocenters. The van der Waals surface area contributed by atoms with Gasteiger partial charge in [0.25, 0.3) is 5.91 Å². The fraction of sp³-hybridized carbons (Fsp3) is 0.500. The number of nitrogens with one attached hydrogen (secondary N) is 1. The highest BCUT2D eigenvalue weighted by atomic mass is 32.1. The van der Waals surface area contributed by atoms with Crippen molar-refractivity contribution in [3.63, 3.8) is 0 Å². The molecule has 17 heavy (non-hydrogen) atoms. The number of aryl methyl sites for hydroxylation is 1. The highest BCUT2D eigenvalue weighted by Gasteiger charge is 2.43. The van der Waals surface area contributed by atoms with E-state index in [1.165, 1.54) is 11.3 Å². The first-order valence-electron chi connectivity index (χ1n) is 5.77. The first-order valence-corrected chi connectivity index (χ1v) is 6.65. The Balaban J connectivity index is 1.75. The first-order chi connectivity index (χ1) is 8.15. The van der Waals surface area contributed by atoms with Gasteiger partial charge in [0, 0.05) is 25.6 Å². The maximum absolute atomic E-state index is 12.2. The molecule has 2 fully saturated rings. The monoisotopic (exact) mass is 250 g/mol. The summed E-state index contributed by atoms with van der Waals surface area (Å²) in [6.45, 7) is 3.99. The average Bonchev–Trinajstić information content (AvgIpc) is 2.96. The fourth-order valence-electron chi connectivity index (χ4n) is 2.60. The topological polar surface area (TPSA) is 49.4 Å². The first kappa shape index (κ1) is 10.8. The van der Waals surface area contributed by atoms with E-state index >= 15 is 0 Å². The zero-order valence-electron chi connectivity index (χ0n) is 9.60. The molecule has 3 rings (SSSR count). The largest absolute Gasteiger partial charge is 0.355 e. The van der Waals surface area contributed by atoms with Crippen molar-refractivity contribution in [1.82, 2.24) is 10.2 Å². The Hall–Kier alpha value is -1.36. The molecule has 4 nitrogen and oxygen atoms in total. The Bertz CT molecular complexity index is 483. The number of hydrogen-bond donors (Lipinski definition) is 1. The predicted molar refractivity (Wildman–Crippen MR) is 64.9 cm³/mol. The minimum atomic E-state index is 0.0139. The second kappa shape index (κ2) is 3.84. The number of carbonyl (C=O) groups is 2. The molecule has 0 radical (unpaired) electrons. The summed E-state index contributed by atoms with van der Waals surface area (Å²) in [5.41, 5.74) is 1.12. The summed E-state index contributed by atoms with van der Waals surface area (Å²) in [4.78, 5) is 26.3. The van der Waals surface area contributed by atoms with E-state index in [0.29, 0.717) is 19.0 Å². The molecule has 0 aliphatic carbocycles. The molecule has 0 aromatic carbocycles. The third-order valence-electron chi connectivity index (χ3n) is 3.54. The van der Waals surface area contributed by atoms with E-state index in [2.05, 4.69) is 5.32 Å². The van der Waals surface area contributed by atoms with Crippen molar-refractivity contribution < 1.29 is 9.59 Å². The summed E-state index contributed by atoms with van der Waals surface area (Å²) in [5, 5.41) is 4.83. The van der Waals surface area contributed by atoms with Crippen LogP contribution in [0.5, 0.6) is 0 Å². The summed E-state index contributed by atoms with van der Waals surface area (Å²) < 4.78 is 0. The Morgan fingerprint density at radius 3 is 3.00 bits per heavy atom. The van der Waals surface area contributed by atoms with Crippen LogP contribution in [0.3, 0.4) is 0 Å². The van der Waals surface area contributed by atoms with Crippen molar-refractivity contribution in [1.29, 1.82) is 0 Å². The van der Waals surface area contributed by atoms with Crippen LogP contribution in [0, 0.1) is 18.8 Å². The van der Waals surface area contributed by atoms with Crippen LogP contribution < -0.4 is 5.32 Å². The molecule has 0 unspecified atom stereocenters. The minimum absolute atomic E-state index is 0.0139. The lowest BCUT2D eigenvalue weighted by atomic mass is 10.0. The third kappa shape index (κ3) is 1.74. The van der Waals surface area contributed by atoms with Crippen molar-refractivity contribution in [3.8, 4) is 0 Å². The molecule has 1 N–H and O–H groups in total. The van der Waals surface area contributed by atoms with Crippen LogP contribution >= 0.6 is 11.3 Å². The van der Waals surface area contributed by atoms with Gasteiger partial charge in [-0.3, -0.25) is 9.59 Å². The number of amides is 2. The summed E-state index contributed by atoms with van der Waals surface area (Å²) in [6, 6.07) is 1.92. The second-order valence-corrected chi connectivity index (χ2v) is 5.72. The summed E-state index contributed by atoms with van der Waals surface area (Å²) in [7, 11) is 0. The van der Waals surface area contributed by atoms with Gasteiger partial charge in [0.15, 0.2) is 0 Å². The van der Waals surface area contributed by atoms with Gasteiger partial charge in [0.1, 0.15) is 0 Å². The quantitative estimate of drug-likeness (QED) is 0.804. The lowest BCUT2D eigenvalue weighted by Crippen LogP contribution is -2.33. The summed E-state index contributed by atoms with van der Waals surface area (Å²) in [6.07, 6.45) is 0. The average molecular weight is 250 g/mol. The number of fused-ring (bicyclic) bond motifs is 1. The summed E-state index contributed by atoms with van der Waals surface area (Å²) in [5.74, 6) is 0.505. The lowest BCUT2D eigenvalue weighted by molar-refractivity contribution is -0.122. The fourth-order valence-corrected chi connectivity index (χ4v) is 3.47. The second-order valence-electron chi connectivity index (χ2n) is 4.81. The maximum atomic E-state index is 12.2. The van der Waals surface area contributed by atoms with Crippen molar-refractivity contribution in [3.05, 3.63) is 21.9 Å². The molecule has 2 amide bonds. The minimum Gasteiger partial charge on any atom is -0.355 e. The van der Waals surface area contributed by atoms with Crippen LogP contribution in [0.15, 0.2) is 11.4 Å². The molecule has 1 aromatic heterocycles. The van der Waals surface area contributed by atoms with E-state index in [-0.39, 0.29) is 17.7 Å². The van der Waals surface area contributed by atoms with Gasteiger partial charge in [-0.15, -0.1) is 11.3 Å². The molecule has 3 heterocycles. The molecular weight excluding hydrogens is 236 g/mol. The molecular formula is C12H14N2O2S. The van der Waals surface area contributed by atoms with Gasteiger partial charge in [-0.05, 0) is 23.9 Å². The van der Waals surface area contributed by atoms with Gasteiger partial charge in [-0.25, -0.2) is 0 Å². The van der Waals surface area contributed by atoms with E-state index in [1.54, 1.807) is 0 Å². The molecule has 0 spiro atoms. The van der Waals surface area contributed by atoms with Crippen molar-refractivity contribution in [2.24, 2.45) is 11.8 Å². The number of rotatable bonds is 1. The number of likely N-dealkylation sites (tertiary alicyclic amines) is 1. The molecule has 2 aliphatic rings. The van der Waals surface area contributed by atoms with Crippen LogP contribution in [0.25, 0.3) is 0 Å². The molecule has 2 aliphatic heterocycles. The molecule has 0 bridgehead atoms. The van der Waals surface area contributed by atoms with Crippen LogP contribution in [0.4, 0.5) is 0 Å². The normalized spacial score (nSPS) is 27.1. The Morgan fingerprint density at radius 1 is 1.53 bits per heavy atom. The van der Waals surface area contributed by atoms with Crippen LogP contribution in [0.1, 0.15) is 15.2 Å². The van der Waals surface area contributed by atoms with Crippen molar-refractivity contribution in [2.75, 3.05) is 19.6 Å². The molecule has 5 heteroatoms. The smallest absolute Gasteiger partial charge is 0.263 e. The highest BCUT2D eigenvalue weighted by Crippen LogP contribution is 2.29. The van der Waals surface area contributed by atoms with Gasteiger partial charge in [0.2, 0.25) is 5.91 Å². The number of nitrogens with zero attached hydrogens (tertiary/aromatic N) is 1. The lowest BCUT2D eigenvalue weighted by Gasteiger charge is -2.16. The standard InChI is InChI=1S/C12H14N2O2S/c1-7-2-10(17-6-7)12(16)14-4-8-3-13-11(15)9(8)5-14/h2,6,8-9H,3-5H2,1H3,(H,13,15)/t8-,9+/m1/s1. The van der Waals surface area contributed by atoms with Crippen molar-refractivity contribution >= 4 is 23.2 Å². The van der Waals surface area contributed by atoms with E-state index in [0.717, 1.165) is 17.0 Å². The Morgan fingerprint density at radius 2 is 2.35 bits per heavy atom. The zero-order valence-corrected chi connectivity index (χ0v) is 10.4. The third-order valence-corrected chi connectivity index (χ3v) is 4.58. The highest BCUT2D eigenvalue weighted by molar-refractivity contribution is 7.12. The maximum Gasteiger partial charge on any atom is 0.263 e. The van der Waals surface area contributed by atoms with Gasteiger partial charge in [-0.2, -0.15) is 0 Å². The Kier molecular flexibility index (Phi) is 2.43. The van der Waals surface area contributed by atoms with E-state index in [4.69, 9.17) is 0 Å². The van der Waals surface area contributed by atoms with Crippen LogP contribution in [-0.2, 0) is 4.79 Å². The van der Waals surface area contributed by atoms with E-state index in [1.807, 2.05) is 23.3 Å². The van der Waals surface area contributed by atoms with Crippen LogP contribution in [0.2, 0.25) is 0 Å². The molecule has 2 saturated heterocycles. The Labute approximate surface area is 104 Å². The predicted octanol–water partition coefficient (Wildman–Crippen LogP) is 0.875. The van der Waals surface area contributed by atoms with Gasteiger partial charge < -0.3 is 10.2 Å². The van der Waals surface area contributed by atoms with Gasteiger partial charge in [-0.1, -0.05) is 0 Å². The number of hydrogen-bond acceptors (Lipinski definition) is 3. The number of thiophene rings is 1. The van der Waals surface area contributed by atoms with Crippen molar-refractivity contribution in [2.45, 2.75) is 6.92 Å². The van der Waals surface area contributed by atoms with E-state index in [9.17, 15) is 9.59 Å². The van der Waals surface area contributed by atoms with Gasteiger partial charge in [0.05, 0.1) is 10.8 Å². The molecule has 90 valence electrons. The van der Waals surface area contributed by atoms with Crippen LogP contribution in [-0.4, -0.2) is 36.3 Å². The van der Waals surface area contributed by atoms with Gasteiger partial charge >= 0.3 is 0 Å². The molecule has 0 saturated carbocycles. The zero-order chi connectivity index (χ0) is 12.0. The SMILES string of the molecule is Cc1csc(C(=O)N2C[C@H]3CNC(=O)[C@H]3C2)c1. The van der Waals surface area contributed by atoms with E-state index < -0.39 is 0 Å². The molecule has 1 aromatic rings.